The fourth-order valence-electron chi connectivity index (χ4n) is 5.03. The molecule has 41 heavy (non-hydrogen) atoms. The highest BCUT2D eigenvalue weighted by atomic mass is 16.3. The van der Waals surface area contributed by atoms with Crippen LogP contribution in [0, 0.1) is 30.1 Å². The van der Waals surface area contributed by atoms with E-state index in [1.54, 1.807) is 45.3 Å². The van der Waals surface area contributed by atoms with E-state index in [-0.39, 0.29) is 22.7 Å². The van der Waals surface area contributed by atoms with Crippen molar-refractivity contribution in [2.24, 2.45) is 22.1 Å². The maximum Gasteiger partial charge on any atom is 0.300 e. The Morgan fingerprint density at radius 2 is 1.51 bits per heavy atom. The summed E-state index contributed by atoms with van der Waals surface area (Å²) in [5.41, 5.74) is 0.663. The lowest BCUT2D eigenvalue weighted by Gasteiger charge is -2.31. The third-order valence-corrected chi connectivity index (χ3v) is 7.77. The normalized spacial score (nSPS) is 12.7. The molecule has 1 aromatic carbocycles. The van der Waals surface area contributed by atoms with Crippen LogP contribution in [-0.2, 0) is 0 Å². The van der Waals surface area contributed by atoms with Crippen LogP contribution in [0.3, 0.4) is 0 Å². The van der Waals surface area contributed by atoms with Crippen LogP contribution >= 0.6 is 0 Å². The maximum absolute atomic E-state index is 13.7. The van der Waals surface area contributed by atoms with E-state index in [9.17, 15) is 20.0 Å². The zero-order chi connectivity index (χ0) is 30.5. The molecule has 0 saturated carbocycles. The van der Waals surface area contributed by atoms with E-state index in [1.807, 2.05) is 6.07 Å². The van der Waals surface area contributed by atoms with Gasteiger partial charge in [-0.3, -0.25) is 9.59 Å². The molecule has 0 aliphatic heterocycles. The van der Waals surface area contributed by atoms with Gasteiger partial charge in [-0.2, -0.15) is 15.1 Å². The summed E-state index contributed by atoms with van der Waals surface area (Å²) in [5.74, 6) is 0.550. The Kier molecular flexibility index (Phi) is 13.5. The van der Waals surface area contributed by atoms with Crippen molar-refractivity contribution in [2.75, 3.05) is 32.2 Å². The first-order chi connectivity index (χ1) is 19.6. The number of pyridine rings is 1. The number of benzene rings is 1. The van der Waals surface area contributed by atoms with Crippen LogP contribution in [0.4, 0.5) is 11.4 Å². The summed E-state index contributed by atoms with van der Waals surface area (Å²) in [5, 5.41) is 29.6. The third kappa shape index (κ3) is 8.91. The lowest BCUT2D eigenvalue weighted by atomic mass is 9.95. The highest BCUT2D eigenvalue weighted by Gasteiger charge is 2.23. The molecule has 2 unspecified atom stereocenters. The van der Waals surface area contributed by atoms with E-state index in [4.69, 9.17) is 0 Å². The lowest BCUT2D eigenvalue weighted by Crippen LogP contribution is -2.39. The molecular weight excluding hydrogens is 516 g/mol. The molecule has 0 saturated heterocycles. The number of carbonyl (C=O) groups excluding carboxylic acids is 1. The molecule has 224 valence electrons. The minimum absolute atomic E-state index is 0.0281. The zero-order valence-corrected chi connectivity index (χ0v) is 26.0. The van der Waals surface area contributed by atoms with Gasteiger partial charge in [0.25, 0.3) is 11.5 Å². The van der Waals surface area contributed by atoms with Crippen molar-refractivity contribution < 1.29 is 9.90 Å². The van der Waals surface area contributed by atoms with E-state index in [0.717, 1.165) is 56.3 Å². The van der Waals surface area contributed by atoms with Gasteiger partial charge >= 0.3 is 0 Å². The van der Waals surface area contributed by atoms with E-state index < -0.39 is 11.4 Å². The molecule has 2 aromatic rings. The summed E-state index contributed by atoms with van der Waals surface area (Å²) in [6, 6.07) is 8.87. The van der Waals surface area contributed by atoms with E-state index in [1.165, 1.54) is 17.9 Å². The minimum Gasteiger partial charge on any atom is -0.492 e. The Morgan fingerprint density at radius 1 is 0.976 bits per heavy atom. The standard InChI is InChI=1S/C32H48N6O3/c1-8-12-14-24(10-3)21-37(22-25(11-4)15-13-9-2)30(39)26-16-18-27(19-17-26)34-35-29-23(5)28(20-33)31(40)38(32(29)41)36(6)7/h16-19,24-25,40H,8-15,21-22H2,1-7H3. The van der Waals surface area contributed by atoms with Gasteiger partial charge in [0.2, 0.25) is 5.88 Å². The molecular formula is C32H48N6O3. The smallest absolute Gasteiger partial charge is 0.300 e. The number of aromatic hydroxyl groups is 1. The highest BCUT2D eigenvalue weighted by Crippen LogP contribution is 2.27. The van der Waals surface area contributed by atoms with Crippen molar-refractivity contribution >= 4 is 17.3 Å². The van der Waals surface area contributed by atoms with Crippen LogP contribution in [0.1, 0.15) is 101 Å². The predicted octanol–water partition coefficient (Wildman–Crippen LogP) is 7.22. The Labute approximate surface area is 245 Å². The molecule has 0 spiro atoms. The third-order valence-electron chi connectivity index (χ3n) is 7.77. The molecule has 0 bridgehead atoms. The van der Waals surface area contributed by atoms with Gasteiger partial charge in [0.05, 0.1) is 5.69 Å². The fraction of sp³-hybridized carbons (Fsp3) is 0.594. The fourth-order valence-corrected chi connectivity index (χ4v) is 5.03. The van der Waals surface area contributed by atoms with Gasteiger partial charge in [0.15, 0.2) is 5.69 Å². The Hall–Kier alpha value is -3.67. The van der Waals surface area contributed by atoms with Crippen LogP contribution in [0.25, 0.3) is 0 Å². The van der Waals surface area contributed by atoms with Crippen molar-refractivity contribution in [3.63, 3.8) is 0 Å². The molecule has 0 radical (unpaired) electrons. The van der Waals surface area contributed by atoms with Crippen molar-refractivity contribution in [3.8, 4) is 11.9 Å². The van der Waals surface area contributed by atoms with Crippen LogP contribution in [-0.4, -0.2) is 47.8 Å². The summed E-state index contributed by atoms with van der Waals surface area (Å²) in [6.07, 6.45) is 9.00. The minimum atomic E-state index is -0.586. The molecule has 9 nitrogen and oxygen atoms in total. The number of azo groups is 1. The molecule has 2 rings (SSSR count). The van der Waals surface area contributed by atoms with E-state index >= 15 is 0 Å². The maximum atomic E-state index is 13.7. The summed E-state index contributed by atoms with van der Waals surface area (Å²) in [6.45, 7) is 11.9. The number of nitriles is 1. The summed E-state index contributed by atoms with van der Waals surface area (Å²) < 4.78 is 0.977. The molecule has 2 atom stereocenters. The molecule has 0 aliphatic carbocycles. The molecule has 1 N–H and O–H groups in total. The Morgan fingerprint density at radius 3 is 1.95 bits per heavy atom. The summed E-state index contributed by atoms with van der Waals surface area (Å²) in [4.78, 5) is 28.8. The van der Waals surface area contributed by atoms with Crippen molar-refractivity contribution in [3.05, 3.63) is 51.3 Å². The van der Waals surface area contributed by atoms with Gasteiger partial charge in [-0.05, 0) is 55.9 Å². The summed E-state index contributed by atoms with van der Waals surface area (Å²) >= 11 is 0. The number of hydrogen-bond donors (Lipinski definition) is 1. The molecule has 9 heteroatoms. The van der Waals surface area contributed by atoms with Gasteiger partial charge < -0.3 is 15.0 Å². The van der Waals surface area contributed by atoms with Gasteiger partial charge in [-0.15, -0.1) is 5.11 Å². The number of carbonyl (C=O) groups is 1. The van der Waals surface area contributed by atoms with Gasteiger partial charge in [0, 0.05) is 38.3 Å². The molecule has 1 amide bonds. The topological polar surface area (TPSA) is 114 Å². The highest BCUT2D eigenvalue weighted by molar-refractivity contribution is 5.94. The van der Waals surface area contributed by atoms with Crippen molar-refractivity contribution in [1.82, 2.24) is 9.58 Å². The largest absolute Gasteiger partial charge is 0.492 e. The lowest BCUT2D eigenvalue weighted by molar-refractivity contribution is 0.0685. The Balaban J connectivity index is 2.35. The second-order valence-electron chi connectivity index (χ2n) is 11.0. The average molecular weight is 565 g/mol. The zero-order valence-electron chi connectivity index (χ0n) is 26.0. The first-order valence-corrected chi connectivity index (χ1v) is 15.0. The number of amides is 1. The predicted molar refractivity (Wildman–Crippen MR) is 165 cm³/mol. The molecule has 1 heterocycles. The van der Waals surface area contributed by atoms with E-state index in [2.05, 4.69) is 42.8 Å². The first kappa shape index (κ1) is 33.5. The number of aromatic nitrogens is 1. The number of rotatable bonds is 16. The first-order valence-electron chi connectivity index (χ1n) is 15.0. The number of nitrogens with zero attached hydrogens (tertiary/aromatic N) is 6. The van der Waals surface area contributed by atoms with E-state index in [0.29, 0.717) is 23.1 Å². The van der Waals surface area contributed by atoms with Gasteiger partial charge in [-0.1, -0.05) is 66.2 Å². The van der Waals surface area contributed by atoms with Gasteiger partial charge in [0.1, 0.15) is 11.6 Å². The quantitative estimate of drug-likeness (QED) is 0.216. The SMILES string of the molecule is CCCCC(CC)CN(CC(CC)CCCC)C(=O)c1ccc(N=Nc2c(C)c(C#N)c(O)n(N(C)C)c2=O)cc1. The number of unbranched alkanes of at least 4 members (excludes halogenated alkanes) is 2. The monoisotopic (exact) mass is 564 g/mol. The van der Waals surface area contributed by atoms with Crippen molar-refractivity contribution in [1.29, 1.82) is 5.26 Å². The Bertz CT molecular complexity index is 1240. The van der Waals surface area contributed by atoms with Crippen LogP contribution in [0.5, 0.6) is 5.88 Å². The van der Waals surface area contributed by atoms with Gasteiger partial charge in [-0.25, -0.2) is 0 Å². The summed E-state index contributed by atoms with van der Waals surface area (Å²) in [7, 11) is 3.16. The second kappa shape index (κ2) is 16.6. The molecule has 0 aliphatic rings. The average Bonchev–Trinajstić information content (AvgIpc) is 2.96. The van der Waals surface area contributed by atoms with Crippen LogP contribution in [0.15, 0.2) is 39.3 Å². The molecule has 1 aromatic heterocycles. The van der Waals surface area contributed by atoms with Crippen molar-refractivity contribution in [2.45, 2.75) is 86.0 Å². The number of hydrogen-bond acceptors (Lipinski definition) is 7. The second-order valence-corrected chi connectivity index (χ2v) is 11.0. The van der Waals surface area contributed by atoms with Crippen LogP contribution in [0.2, 0.25) is 0 Å². The molecule has 0 fully saturated rings. The van der Waals surface area contributed by atoms with Crippen LogP contribution < -0.4 is 10.6 Å².